The number of rotatable bonds is 3. The van der Waals surface area contributed by atoms with Gasteiger partial charge in [0.05, 0.1) is 23.3 Å². The van der Waals surface area contributed by atoms with Crippen molar-refractivity contribution in [2.45, 2.75) is 18.4 Å². The van der Waals surface area contributed by atoms with Crippen LogP contribution in [0.15, 0.2) is 47.1 Å². The van der Waals surface area contributed by atoms with Crippen molar-refractivity contribution >= 4 is 11.6 Å². The average molecular weight is 311 g/mol. The summed E-state index contributed by atoms with van der Waals surface area (Å²) in [6.07, 6.45) is 2.01. The molecule has 1 aromatic heterocycles. The van der Waals surface area contributed by atoms with Crippen LogP contribution in [0.2, 0.25) is 0 Å². The van der Waals surface area contributed by atoms with E-state index in [1.54, 1.807) is 24.3 Å². The number of non-ortho nitro benzene ring substituents is 1. The summed E-state index contributed by atoms with van der Waals surface area (Å²) in [6, 6.07) is 11.2. The number of hydrogen-bond acceptors (Lipinski definition) is 5. The third-order valence-corrected chi connectivity index (χ3v) is 4.04. The molecule has 1 aromatic carbocycles. The molecule has 1 aliphatic heterocycles. The average Bonchev–Trinajstić information content (AvgIpc) is 3.08. The van der Waals surface area contributed by atoms with Crippen molar-refractivity contribution in [1.29, 1.82) is 5.26 Å². The van der Waals surface area contributed by atoms with Crippen LogP contribution in [-0.4, -0.2) is 10.8 Å². The largest absolute Gasteiger partial charge is 0.469 e. The molecule has 0 bridgehead atoms. The lowest BCUT2D eigenvalue weighted by Crippen LogP contribution is -2.42. The molecular weight excluding hydrogens is 298 g/mol. The van der Waals surface area contributed by atoms with Crippen molar-refractivity contribution in [2.24, 2.45) is 5.92 Å². The number of nitrogens with zero attached hydrogens (tertiary/aromatic N) is 2. The number of benzene rings is 1. The molecule has 3 unspecified atom stereocenters. The fourth-order valence-electron chi connectivity index (χ4n) is 2.87. The summed E-state index contributed by atoms with van der Waals surface area (Å²) >= 11 is 0. The molecule has 0 aliphatic carbocycles. The highest BCUT2D eigenvalue weighted by atomic mass is 16.6. The molecule has 0 spiro atoms. The molecule has 0 radical (unpaired) electrons. The summed E-state index contributed by atoms with van der Waals surface area (Å²) in [7, 11) is 0. The van der Waals surface area contributed by atoms with Crippen LogP contribution < -0.4 is 5.32 Å². The van der Waals surface area contributed by atoms with E-state index in [-0.39, 0.29) is 23.6 Å². The van der Waals surface area contributed by atoms with Gasteiger partial charge in [-0.05, 0) is 24.1 Å². The minimum absolute atomic E-state index is 0.00614. The van der Waals surface area contributed by atoms with Gasteiger partial charge in [-0.25, -0.2) is 0 Å². The zero-order chi connectivity index (χ0) is 16.4. The number of nitro benzene ring substituents is 1. The van der Waals surface area contributed by atoms with E-state index < -0.39 is 10.8 Å². The summed E-state index contributed by atoms with van der Waals surface area (Å²) < 4.78 is 5.37. The Bertz CT molecular complexity index is 762. The molecule has 3 rings (SSSR count). The van der Waals surface area contributed by atoms with Gasteiger partial charge in [-0.2, -0.15) is 5.26 Å². The smallest absolute Gasteiger partial charge is 0.269 e. The maximum Gasteiger partial charge on any atom is 0.269 e. The Morgan fingerprint density at radius 2 is 2.04 bits per heavy atom. The van der Waals surface area contributed by atoms with Crippen LogP contribution in [0.4, 0.5) is 5.69 Å². The topological polar surface area (TPSA) is 109 Å². The van der Waals surface area contributed by atoms with Crippen LogP contribution in [0.3, 0.4) is 0 Å². The number of hydrogen-bond donors (Lipinski definition) is 1. The molecule has 7 nitrogen and oxygen atoms in total. The molecule has 2 heterocycles. The lowest BCUT2D eigenvalue weighted by Gasteiger charge is -2.32. The first-order chi connectivity index (χ1) is 11.1. The SMILES string of the molecule is N#CC1C(=O)NC(c2ccc([N+](=O)[O-])cc2)CC1c1ccco1. The van der Waals surface area contributed by atoms with E-state index in [9.17, 15) is 20.2 Å². The first kappa shape index (κ1) is 14.8. The molecule has 116 valence electrons. The molecule has 1 aliphatic rings. The van der Waals surface area contributed by atoms with Crippen molar-refractivity contribution in [3.05, 3.63) is 64.1 Å². The highest BCUT2D eigenvalue weighted by Crippen LogP contribution is 2.38. The lowest BCUT2D eigenvalue weighted by molar-refractivity contribution is -0.384. The summed E-state index contributed by atoms with van der Waals surface area (Å²) in [4.78, 5) is 22.5. The summed E-state index contributed by atoms with van der Waals surface area (Å²) in [5.74, 6) is -0.916. The van der Waals surface area contributed by atoms with E-state index in [2.05, 4.69) is 5.32 Å². The fourth-order valence-corrected chi connectivity index (χ4v) is 2.87. The highest BCUT2D eigenvalue weighted by molar-refractivity contribution is 5.83. The third kappa shape index (κ3) is 2.79. The quantitative estimate of drug-likeness (QED) is 0.692. The molecule has 7 heteroatoms. The summed E-state index contributed by atoms with van der Waals surface area (Å²) in [5.41, 5.74) is 0.755. The Balaban J connectivity index is 1.88. The standard InChI is InChI=1S/C16H13N3O4/c17-9-13-12(15-2-1-7-23-15)8-14(18-16(13)20)10-3-5-11(6-4-10)19(21)22/h1-7,12-14H,8H2,(H,18,20). The highest BCUT2D eigenvalue weighted by Gasteiger charge is 2.39. The normalized spacial score (nSPS) is 23.8. The van der Waals surface area contributed by atoms with Crippen molar-refractivity contribution in [1.82, 2.24) is 5.32 Å². The zero-order valence-corrected chi connectivity index (χ0v) is 12.0. The molecule has 23 heavy (non-hydrogen) atoms. The monoisotopic (exact) mass is 311 g/mol. The molecule has 1 saturated heterocycles. The summed E-state index contributed by atoms with van der Waals surface area (Å²) in [6.45, 7) is 0. The van der Waals surface area contributed by atoms with Gasteiger partial charge in [0.1, 0.15) is 11.7 Å². The van der Waals surface area contributed by atoms with E-state index >= 15 is 0 Å². The predicted octanol–water partition coefficient (Wildman–Crippen LogP) is 2.67. The number of nitro groups is 1. The number of amides is 1. The van der Waals surface area contributed by atoms with Gasteiger partial charge >= 0.3 is 0 Å². The van der Waals surface area contributed by atoms with Gasteiger partial charge in [-0.3, -0.25) is 14.9 Å². The fraction of sp³-hybridized carbons (Fsp3) is 0.250. The second-order valence-electron chi connectivity index (χ2n) is 5.37. The maximum absolute atomic E-state index is 12.2. The first-order valence-electron chi connectivity index (χ1n) is 7.08. The van der Waals surface area contributed by atoms with Crippen LogP contribution in [0.1, 0.15) is 29.7 Å². The van der Waals surface area contributed by atoms with Crippen LogP contribution in [0.5, 0.6) is 0 Å². The first-order valence-corrected chi connectivity index (χ1v) is 7.08. The van der Waals surface area contributed by atoms with Crippen molar-refractivity contribution in [2.75, 3.05) is 0 Å². The van der Waals surface area contributed by atoms with Crippen LogP contribution in [0, 0.1) is 27.4 Å². The van der Waals surface area contributed by atoms with Crippen molar-refractivity contribution in [3.63, 3.8) is 0 Å². The Hall–Kier alpha value is -3.14. The number of piperidine rings is 1. The minimum Gasteiger partial charge on any atom is -0.469 e. The number of nitrogens with one attached hydrogen (secondary N) is 1. The van der Waals surface area contributed by atoms with Gasteiger partial charge in [0.15, 0.2) is 0 Å². The third-order valence-electron chi connectivity index (χ3n) is 4.04. The van der Waals surface area contributed by atoms with Crippen molar-refractivity contribution in [3.8, 4) is 6.07 Å². The molecule has 1 amide bonds. The maximum atomic E-state index is 12.2. The lowest BCUT2D eigenvalue weighted by atomic mass is 9.80. The van der Waals surface area contributed by atoms with Gasteiger partial charge in [0.25, 0.3) is 5.69 Å². The van der Waals surface area contributed by atoms with E-state index in [1.165, 1.54) is 18.4 Å². The van der Waals surface area contributed by atoms with E-state index in [0.29, 0.717) is 12.2 Å². The Kier molecular flexibility index (Phi) is 3.81. The Morgan fingerprint density at radius 1 is 1.30 bits per heavy atom. The number of carbonyl (C=O) groups is 1. The molecule has 1 fully saturated rings. The van der Waals surface area contributed by atoms with Gasteiger partial charge < -0.3 is 9.73 Å². The summed E-state index contributed by atoms with van der Waals surface area (Å²) in [5, 5.41) is 22.8. The minimum atomic E-state index is -0.810. The molecule has 3 atom stereocenters. The van der Waals surface area contributed by atoms with Gasteiger partial charge in [-0.1, -0.05) is 12.1 Å². The molecule has 0 saturated carbocycles. The second kappa shape index (κ2) is 5.93. The van der Waals surface area contributed by atoms with Crippen LogP contribution >= 0.6 is 0 Å². The second-order valence-corrected chi connectivity index (χ2v) is 5.37. The molecular formula is C16H13N3O4. The number of carbonyl (C=O) groups excluding carboxylic acids is 1. The van der Waals surface area contributed by atoms with E-state index in [0.717, 1.165) is 5.56 Å². The predicted molar refractivity (Wildman–Crippen MR) is 79.1 cm³/mol. The van der Waals surface area contributed by atoms with Gasteiger partial charge in [0, 0.05) is 18.1 Å². The van der Waals surface area contributed by atoms with E-state index in [4.69, 9.17) is 4.42 Å². The zero-order valence-electron chi connectivity index (χ0n) is 12.0. The van der Waals surface area contributed by atoms with Crippen LogP contribution in [0.25, 0.3) is 0 Å². The van der Waals surface area contributed by atoms with Gasteiger partial charge in [-0.15, -0.1) is 0 Å². The molecule has 1 N–H and O–H groups in total. The Labute approximate surface area is 131 Å². The van der Waals surface area contributed by atoms with E-state index in [1.807, 2.05) is 6.07 Å². The van der Waals surface area contributed by atoms with Crippen molar-refractivity contribution < 1.29 is 14.1 Å². The van der Waals surface area contributed by atoms with Crippen LogP contribution in [-0.2, 0) is 4.79 Å². The molecule has 2 aromatic rings. The number of nitriles is 1. The Morgan fingerprint density at radius 3 is 2.61 bits per heavy atom. The van der Waals surface area contributed by atoms with Gasteiger partial charge in [0.2, 0.25) is 5.91 Å². The number of furan rings is 1.